The molecule has 0 saturated heterocycles. The third-order valence-electron chi connectivity index (χ3n) is 5.18. The van der Waals surface area contributed by atoms with Crippen LogP contribution in [0.25, 0.3) is 0 Å². The summed E-state index contributed by atoms with van der Waals surface area (Å²) in [6.07, 6.45) is 4.18. The van der Waals surface area contributed by atoms with Crippen LogP contribution >= 0.6 is 0 Å². The molecule has 3 amide bonds. The fourth-order valence-electron chi connectivity index (χ4n) is 3.69. The van der Waals surface area contributed by atoms with Gasteiger partial charge in [-0.25, -0.2) is 0 Å². The summed E-state index contributed by atoms with van der Waals surface area (Å²) in [6.45, 7) is 1.15. The van der Waals surface area contributed by atoms with Crippen LogP contribution in [-0.4, -0.2) is 48.8 Å². The van der Waals surface area contributed by atoms with Gasteiger partial charge in [0.05, 0.1) is 18.4 Å². The zero-order chi connectivity index (χ0) is 21.4. The van der Waals surface area contributed by atoms with Crippen LogP contribution in [-0.2, 0) is 14.4 Å². The van der Waals surface area contributed by atoms with Crippen molar-refractivity contribution in [2.45, 2.75) is 38.1 Å². The first-order valence-corrected chi connectivity index (χ1v) is 9.55. The third kappa shape index (κ3) is 5.40. The first-order valence-electron chi connectivity index (χ1n) is 9.55. The zero-order valence-electron chi connectivity index (χ0n) is 16.8. The van der Waals surface area contributed by atoms with Gasteiger partial charge in [-0.2, -0.15) is 5.10 Å². The zero-order valence-corrected chi connectivity index (χ0v) is 16.8. The molecule has 29 heavy (non-hydrogen) atoms. The number of amides is 3. The second kappa shape index (κ2) is 9.81. The van der Waals surface area contributed by atoms with E-state index >= 15 is 0 Å². The van der Waals surface area contributed by atoms with E-state index in [9.17, 15) is 14.4 Å². The molecule has 1 fully saturated rings. The summed E-state index contributed by atoms with van der Waals surface area (Å²) < 4.78 is 0. The number of primary amides is 1. The van der Waals surface area contributed by atoms with Crippen molar-refractivity contribution in [3.8, 4) is 0 Å². The minimum atomic E-state index is -1.36. The van der Waals surface area contributed by atoms with Crippen LogP contribution in [0.4, 0.5) is 5.69 Å². The molecule has 1 aliphatic rings. The van der Waals surface area contributed by atoms with Gasteiger partial charge in [0.2, 0.25) is 11.8 Å². The van der Waals surface area contributed by atoms with Gasteiger partial charge in [-0.1, -0.05) is 31.0 Å². The fourth-order valence-corrected chi connectivity index (χ4v) is 3.69. The van der Waals surface area contributed by atoms with Gasteiger partial charge >= 0.3 is 0 Å². The van der Waals surface area contributed by atoms with Gasteiger partial charge in [-0.05, 0) is 30.9 Å². The van der Waals surface area contributed by atoms with E-state index in [2.05, 4.69) is 15.7 Å². The first-order chi connectivity index (χ1) is 13.8. The number of nitrogens with two attached hydrogens (primary N) is 1. The van der Waals surface area contributed by atoms with Gasteiger partial charge < -0.3 is 21.8 Å². The maximum Gasteiger partial charge on any atom is 0.273 e. The maximum atomic E-state index is 12.6. The van der Waals surface area contributed by atoms with E-state index in [1.54, 1.807) is 7.05 Å². The molecule has 1 aromatic rings. The Morgan fingerprint density at radius 1 is 1.28 bits per heavy atom. The molecule has 9 heteroatoms. The van der Waals surface area contributed by atoms with E-state index in [4.69, 9.17) is 11.1 Å². The standard InChI is InChI=1S/C20H28N6O3/c1-14(27)24-20(19(22)29,15-8-6-7-9-15)13-23-18(28)17(12-21)25-26(2)16-10-4-3-5-11-16/h3-5,10-12,15,21H,6-9,13H2,1-2H3,(H2,22,29)(H,23,28)(H,24,27)/b21-12?,25-17+. The molecule has 1 unspecified atom stereocenters. The van der Waals surface area contributed by atoms with Gasteiger partial charge in [0.15, 0.2) is 5.71 Å². The van der Waals surface area contributed by atoms with Crippen LogP contribution in [0.5, 0.6) is 0 Å². The number of nitrogens with zero attached hydrogens (tertiary/aromatic N) is 2. The monoisotopic (exact) mass is 400 g/mol. The van der Waals surface area contributed by atoms with Crippen molar-refractivity contribution in [2.24, 2.45) is 16.8 Å². The smallest absolute Gasteiger partial charge is 0.273 e. The van der Waals surface area contributed by atoms with Crippen molar-refractivity contribution >= 4 is 35.3 Å². The molecule has 0 bridgehead atoms. The largest absolute Gasteiger partial charge is 0.368 e. The lowest BCUT2D eigenvalue weighted by Crippen LogP contribution is -2.66. The van der Waals surface area contributed by atoms with E-state index in [1.807, 2.05) is 30.3 Å². The average Bonchev–Trinajstić information content (AvgIpc) is 3.24. The van der Waals surface area contributed by atoms with Crippen molar-refractivity contribution in [3.63, 3.8) is 0 Å². The number of benzene rings is 1. The van der Waals surface area contributed by atoms with E-state index in [0.29, 0.717) is 0 Å². The predicted octanol–water partition coefficient (Wildman–Crippen LogP) is 0.795. The molecule has 0 aromatic heterocycles. The number of hydrogen-bond donors (Lipinski definition) is 4. The number of hydrogen-bond acceptors (Lipinski definition) is 6. The summed E-state index contributed by atoms with van der Waals surface area (Å²) in [4.78, 5) is 36.7. The quantitative estimate of drug-likeness (QED) is 0.359. The number of rotatable bonds is 9. The third-order valence-corrected chi connectivity index (χ3v) is 5.18. The second-order valence-electron chi connectivity index (χ2n) is 7.17. The van der Waals surface area contributed by atoms with Gasteiger partial charge in [0, 0.05) is 14.0 Å². The minimum Gasteiger partial charge on any atom is -0.368 e. The summed E-state index contributed by atoms with van der Waals surface area (Å²) >= 11 is 0. The Morgan fingerprint density at radius 2 is 1.90 bits per heavy atom. The summed E-state index contributed by atoms with van der Waals surface area (Å²) in [5, 5.41) is 18.5. The highest BCUT2D eigenvalue weighted by molar-refractivity contribution is 6.60. The van der Waals surface area contributed by atoms with E-state index in [-0.39, 0.29) is 18.2 Å². The average molecular weight is 400 g/mol. The molecule has 5 N–H and O–H groups in total. The number of para-hydroxylation sites is 1. The van der Waals surface area contributed by atoms with Gasteiger partial charge in [-0.3, -0.25) is 19.4 Å². The van der Waals surface area contributed by atoms with Crippen LogP contribution in [0.3, 0.4) is 0 Å². The number of anilines is 1. The first kappa shape index (κ1) is 22.1. The Labute approximate surface area is 170 Å². The molecule has 0 spiro atoms. The van der Waals surface area contributed by atoms with Crippen LogP contribution in [0.1, 0.15) is 32.6 Å². The van der Waals surface area contributed by atoms with Crippen molar-refractivity contribution in [3.05, 3.63) is 30.3 Å². The summed E-state index contributed by atoms with van der Waals surface area (Å²) in [5.74, 6) is -1.86. The number of hydrazone groups is 1. The molecule has 1 saturated carbocycles. The Kier molecular flexibility index (Phi) is 7.46. The molecular formula is C20H28N6O3. The van der Waals surface area contributed by atoms with E-state index < -0.39 is 23.3 Å². The molecule has 1 aliphatic carbocycles. The summed E-state index contributed by atoms with van der Waals surface area (Å²) in [7, 11) is 1.66. The molecule has 0 radical (unpaired) electrons. The molecule has 9 nitrogen and oxygen atoms in total. The minimum absolute atomic E-state index is 0.135. The normalized spacial score (nSPS) is 16.6. The Bertz CT molecular complexity index is 789. The van der Waals surface area contributed by atoms with Crippen LogP contribution in [0, 0.1) is 11.3 Å². The molecule has 156 valence electrons. The number of nitrogens with one attached hydrogen (secondary N) is 3. The lowest BCUT2D eigenvalue weighted by Gasteiger charge is -2.37. The predicted molar refractivity (Wildman–Crippen MR) is 112 cm³/mol. The van der Waals surface area contributed by atoms with Crippen molar-refractivity contribution in [2.75, 3.05) is 18.6 Å². The lowest BCUT2D eigenvalue weighted by molar-refractivity contribution is -0.133. The second-order valence-corrected chi connectivity index (χ2v) is 7.17. The number of carbonyl (C=O) groups excluding carboxylic acids is 3. The van der Waals surface area contributed by atoms with E-state index in [0.717, 1.165) is 37.6 Å². The highest BCUT2D eigenvalue weighted by Crippen LogP contribution is 2.34. The molecule has 0 aliphatic heterocycles. The molecule has 0 heterocycles. The van der Waals surface area contributed by atoms with Crippen LogP contribution < -0.4 is 21.4 Å². The number of carbonyl (C=O) groups is 3. The molecule has 1 atom stereocenters. The Hall–Kier alpha value is -3.23. The molecule has 1 aromatic carbocycles. The summed E-state index contributed by atoms with van der Waals surface area (Å²) in [6, 6.07) is 9.17. The molecular weight excluding hydrogens is 372 g/mol. The Balaban J connectivity index is 2.18. The maximum absolute atomic E-state index is 12.6. The SMILES string of the molecule is CC(=O)NC(CNC(=O)/C(C=N)=N/N(C)c1ccccc1)(C(N)=O)C1CCCC1. The lowest BCUT2D eigenvalue weighted by atomic mass is 9.81. The Morgan fingerprint density at radius 3 is 2.41 bits per heavy atom. The highest BCUT2D eigenvalue weighted by Gasteiger charge is 2.46. The van der Waals surface area contributed by atoms with Gasteiger partial charge in [0.1, 0.15) is 5.54 Å². The van der Waals surface area contributed by atoms with Crippen molar-refractivity contribution in [1.29, 1.82) is 5.41 Å². The van der Waals surface area contributed by atoms with Gasteiger partial charge in [0.25, 0.3) is 5.91 Å². The van der Waals surface area contributed by atoms with Crippen LogP contribution in [0.2, 0.25) is 0 Å². The van der Waals surface area contributed by atoms with Crippen molar-refractivity contribution < 1.29 is 14.4 Å². The topological polar surface area (TPSA) is 141 Å². The fraction of sp³-hybridized carbons (Fsp3) is 0.450. The van der Waals surface area contributed by atoms with E-state index in [1.165, 1.54) is 11.9 Å². The van der Waals surface area contributed by atoms with Gasteiger partial charge in [-0.15, -0.1) is 0 Å². The van der Waals surface area contributed by atoms with Crippen LogP contribution in [0.15, 0.2) is 35.4 Å². The van der Waals surface area contributed by atoms with Crippen molar-refractivity contribution in [1.82, 2.24) is 10.6 Å². The summed E-state index contributed by atoms with van der Waals surface area (Å²) in [5.41, 5.74) is 4.91. The molecule has 2 rings (SSSR count). The highest BCUT2D eigenvalue weighted by atomic mass is 16.2.